The Morgan fingerprint density at radius 3 is 2.15 bits per heavy atom. The van der Waals surface area contributed by atoms with E-state index in [4.69, 9.17) is 0 Å². The summed E-state index contributed by atoms with van der Waals surface area (Å²) in [7, 11) is -3.19. The number of rotatable bonds is 5. The van der Waals surface area contributed by atoms with Crippen LogP contribution in [-0.2, 0) is 22.9 Å². The first-order valence-corrected chi connectivity index (χ1v) is 10.7. The zero-order valence-electron chi connectivity index (χ0n) is 15.0. The van der Waals surface area contributed by atoms with E-state index < -0.39 is 10.0 Å². The lowest BCUT2D eigenvalue weighted by molar-refractivity contribution is 0.0697. The maximum atomic E-state index is 12.9. The highest BCUT2D eigenvalue weighted by Crippen LogP contribution is 2.17. The van der Waals surface area contributed by atoms with Crippen LogP contribution in [0.25, 0.3) is 0 Å². The molecular formula is C20H24N2O3S. The Kier molecular flexibility index (Phi) is 5.74. The molecule has 0 atom stereocenters. The van der Waals surface area contributed by atoms with Crippen LogP contribution in [-0.4, -0.2) is 56.0 Å². The van der Waals surface area contributed by atoms with Gasteiger partial charge >= 0.3 is 0 Å². The minimum absolute atomic E-state index is 0.0122. The summed E-state index contributed by atoms with van der Waals surface area (Å²) < 4.78 is 24.7. The molecule has 3 rings (SSSR count). The van der Waals surface area contributed by atoms with E-state index in [-0.39, 0.29) is 5.91 Å². The van der Waals surface area contributed by atoms with Crippen molar-refractivity contribution in [2.24, 2.45) is 0 Å². The molecule has 138 valence electrons. The van der Waals surface area contributed by atoms with Gasteiger partial charge in [-0.2, -0.15) is 4.31 Å². The molecule has 0 aliphatic carbocycles. The number of aryl methyl sites for hydroxylation is 2. The van der Waals surface area contributed by atoms with E-state index in [0.717, 1.165) is 24.0 Å². The van der Waals surface area contributed by atoms with Gasteiger partial charge in [0.05, 0.1) is 6.26 Å². The topological polar surface area (TPSA) is 57.7 Å². The lowest BCUT2D eigenvalue weighted by Gasteiger charge is -2.33. The van der Waals surface area contributed by atoms with Crippen LogP contribution in [0.1, 0.15) is 21.5 Å². The zero-order valence-corrected chi connectivity index (χ0v) is 15.8. The summed E-state index contributed by atoms with van der Waals surface area (Å²) in [6.07, 6.45) is 2.89. The second-order valence-corrected chi connectivity index (χ2v) is 8.58. The monoisotopic (exact) mass is 372 g/mol. The number of nitrogens with zero attached hydrogens (tertiary/aromatic N) is 2. The minimum atomic E-state index is -3.19. The van der Waals surface area contributed by atoms with Crippen LogP contribution in [0, 0.1) is 0 Å². The zero-order chi connectivity index (χ0) is 18.6. The molecule has 0 aromatic heterocycles. The molecule has 1 aliphatic rings. The smallest absolute Gasteiger partial charge is 0.254 e. The molecule has 5 nitrogen and oxygen atoms in total. The van der Waals surface area contributed by atoms with Crippen molar-refractivity contribution in [3.05, 3.63) is 71.3 Å². The number of benzene rings is 2. The lowest BCUT2D eigenvalue weighted by Crippen LogP contribution is -2.50. The Hall–Kier alpha value is -2.18. The van der Waals surface area contributed by atoms with Crippen molar-refractivity contribution in [2.75, 3.05) is 32.4 Å². The van der Waals surface area contributed by atoms with Gasteiger partial charge in [-0.15, -0.1) is 0 Å². The van der Waals surface area contributed by atoms with Crippen LogP contribution in [0.4, 0.5) is 0 Å². The van der Waals surface area contributed by atoms with E-state index in [1.807, 2.05) is 42.5 Å². The summed E-state index contributed by atoms with van der Waals surface area (Å²) in [6.45, 7) is 1.57. The number of carbonyl (C=O) groups excluding carboxylic acids is 1. The lowest BCUT2D eigenvalue weighted by atomic mass is 9.99. The molecule has 0 bridgehead atoms. The summed E-state index contributed by atoms with van der Waals surface area (Å²) >= 11 is 0. The first-order valence-electron chi connectivity index (χ1n) is 8.81. The Morgan fingerprint density at radius 1 is 0.885 bits per heavy atom. The fraction of sp³-hybridized carbons (Fsp3) is 0.350. The van der Waals surface area contributed by atoms with E-state index in [1.54, 1.807) is 4.90 Å². The van der Waals surface area contributed by atoms with Crippen LogP contribution in [0.3, 0.4) is 0 Å². The van der Waals surface area contributed by atoms with E-state index in [1.165, 1.54) is 16.1 Å². The average molecular weight is 372 g/mol. The largest absolute Gasteiger partial charge is 0.336 e. The van der Waals surface area contributed by atoms with E-state index in [2.05, 4.69) is 12.1 Å². The molecule has 0 radical (unpaired) electrons. The third-order valence-corrected chi connectivity index (χ3v) is 6.07. The van der Waals surface area contributed by atoms with Gasteiger partial charge in [0.25, 0.3) is 5.91 Å². The van der Waals surface area contributed by atoms with Crippen molar-refractivity contribution in [2.45, 2.75) is 12.8 Å². The Morgan fingerprint density at radius 2 is 1.50 bits per heavy atom. The Labute approximate surface area is 155 Å². The molecule has 1 amide bonds. The quantitative estimate of drug-likeness (QED) is 0.808. The summed E-state index contributed by atoms with van der Waals surface area (Å²) in [4.78, 5) is 14.7. The van der Waals surface area contributed by atoms with Crippen LogP contribution < -0.4 is 0 Å². The highest BCUT2D eigenvalue weighted by Gasteiger charge is 2.27. The van der Waals surface area contributed by atoms with Gasteiger partial charge in [-0.05, 0) is 30.0 Å². The third kappa shape index (κ3) is 4.51. The predicted octanol–water partition coefficient (Wildman–Crippen LogP) is 2.19. The first kappa shape index (κ1) is 18.6. The first-order chi connectivity index (χ1) is 12.4. The number of sulfonamides is 1. The van der Waals surface area contributed by atoms with Crippen LogP contribution in [0.15, 0.2) is 54.6 Å². The van der Waals surface area contributed by atoms with Gasteiger partial charge in [0.2, 0.25) is 10.0 Å². The standard InChI is InChI=1S/C20H24N2O3S/c1-26(24,25)22-15-13-21(14-16-22)20(23)19-10-6-5-9-18(19)12-11-17-7-3-2-4-8-17/h2-10H,11-16H2,1H3. The summed E-state index contributed by atoms with van der Waals surface area (Å²) in [5.41, 5.74) is 3.00. The van der Waals surface area contributed by atoms with Crippen molar-refractivity contribution in [1.29, 1.82) is 0 Å². The maximum absolute atomic E-state index is 12.9. The Bertz CT molecular complexity index is 858. The van der Waals surface area contributed by atoms with Gasteiger partial charge in [-0.3, -0.25) is 4.79 Å². The van der Waals surface area contributed by atoms with Gasteiger partial charge in [0.1, 0.15) is 0 Å². The average Bonchev–Trinajstić information content (AvgIpc) is 2.66. The third-order valence-electron chi connectivity index (χ3n) is 4.77. The van der Waals surface area contributed by atoms with E-state index in [9.17, 15) is 13.2 Å². The second kappa shape index (κ2) is 8.01. The van der Waals surface area contributed by atoms with Gasteiger partial charge in [0.15, 0.2) is 0 Å². The molecule has 0 unspecified atom stereocenters. The second-order valence-electron chi connectivity index (χ2n) is 6.60. The van der Waals surface area contributed by atoms with Gasteiger partial charge in [0, 0.05) is 31.7 Å². The Balaban J connectivity index is 1.68. The van der Waals surface area contributed by atoms with Crippen molar-refractivity contribution >= 4 is 15.9 Å². The molecule has 2 aromatic carbocycles. The highest BCUT2D eigenvalue weighted by atomic mass is 32.2. The highest BCUT2D eigenvalue weighted by molar-refractivity contribution is 7.88. The number of amides is 1. The molecule has 0 saturated carbocycles. The number of piperazine rings is 1. The molecule has 1 aliphatic heterocycles. The number of hydrogen-bond donors (Lipinski definition) is 0. The van der Waals surface area contributed by atoms with Crippen LogP contribution in [0.5, 0.6) is 0 Å². The van der Waals surface area contributed by atoms with Crippen LogP contribution >= 0.6 is 0 Å². The molecule has 2 aromatic rings. The molecule has 6 heteroatoms. The van der Waals surface area contributed by atoms with E-state index in [0.29, 0.717) is 26.2 Å². The molecule has 0 N–H and O–H groups in total. The number of hydrogen-bond acceptors (Lipinski definition) is 3. The van der Waals surface area contributed by atoms with Gasteiger partial charge < -0.3 is 4.90 Å². The molecule has 26 heavy (non-hydrogen) atoms. The van der Waals surface area contributed by atoms with Crippen LogP contribution in [0.2, 0.25) is 0 Å². The van der Waals surface area contributed by atoms with Gasteiger partial charge in [-0.1, -0.05) is 48.5 Å². The van der Waals surface area contributed by atoms with Crippen molar-refractivity contribution in [1.82, 2.24) is 9.21 Å². The van der Waals surface area contributed by atoms with Crippen molar-refractivity contribution < 1.29 is 13.2 Å². The van der Waals surface area contributed by atoms with Crippen molar-refractivity contribution in [3.8, 4) is 0 Å². The number of carbonyl (C=O) groups is 1. The molecule has 1 fully saturated rings. The fourth-order valence-electron chi connectivity index (χ4n) is 3.26. The SMILES string of the molecule is CS(=O)(=O)N1CCN(C(=O)c2ccccc2CCc2ccccc2)CC1. The molecule has 1 saturated heterocycles. The summed E-state index contributed by atoms with van der Waals surface area (Å²) in [5, 5.41) is 0. The normalized spacial score (nSPS) is 15.8. The molecule has 0 spiro atoms. The minimum Gasteiger partial charge on any atom is -0.336 e. The van der Waals surface area contributed by atoms with Crippen molar-refractivity contribution in [3.63, 3.8) is 0 Å². The fourth-order valence-corrected chi connectivity index (χ4v) is 4.09. The predicted molar refractivity (Wildman–Crippen MR) is 103 cm³/mol. The summed E-state index contributed by atoms with van der Waals surface area (Å²) in [6, 6.07) is 17.9. The maximum Gasteiger partial charge on any atom is 0.254 e. The molecule has 1 heterocycles. The molecular weight excluding hydrogens is 348 g/mol. The summed E-state index contributed by atoms with van der Waals surface area (Å²) in [5.74, 6) is -0.0122. The van der Waals surface area contributed by atoms with Gasteiger partial charge in [-0.25, -0.2) is 8.42 Å². The van der Waals surface area contributed by atoms with E-state index >= 15 is 0 Å².